The third-order valence-electron chi connectivity index (χ3n) is 5.33. The van der Waals surface area contributed by atoms with Crippen LogP contribution >= 0.6 is 0 Å². The molecule has 2 aliphatic rings. The van der Waals surface area contributed by atoms with E-state index in [1.807, 2.05) is 60.4 Å². The summed E-state index contributed by atoms with van der Waals surface area (Å²) >= 11 is 0. The summed E-state index contributed by atoms with van der Waals surface area (Å²) in [6.07, 6.45) is 0. The molecule has 0 saturated carbocycles. The monoisotopic (exact) mass is 392 g/mol. The van der Waals surface area contributed by atoms with Crippen LogP contribution in [0.3, 0.4) is 0 Å². The number of methoxy groups -OCH3 is 1. The molecular formula is C23H24N2O4. The SMILES string of the molecule is COc1ccccc1CN1C(=O)C(c2ccc(C)cc2)=C(N2CCOCC2)C1=O. The highest BCUT2D eigenvalue weighted by molar-refractivity contribution is 6.35. The van der Waals surface area contributed by atoms with E-state index in [0.717, 1.165) is 16.7 Å². The number of imide groups is 1. The lowest BCUT2D eigenvalue weighted by Gasteiger charge is -2.29. The average molecular weight is 392 g/mol. The second-order valence-electron chi connectivity index (χ2n) is 7.20. The molecular weight excluding hydrogens is 368 g/mol. The van der Waals surface area contributed by atoms with Crippen LogP contribution in [0.25, 0.3) is 5.57 Å². The van der Waals surface area contributed by atoms with E-state index in [2.05, 4.69) is 0 Å². The van der Waals surface area contributed by atoms with E-state index in [1.54, 1.807) is 7.11 Å². The largest absolute Gasteiger partial charge is 0.496 e. The molecule has 0 unspecified atom stereocenters. The summed E-state index contributed by atoms with van der Waals surface area (Å²) in [4.78, 5) is 30.1. The van der Waals surface area contributed by atoms with Gasteiger partial charge in [-0.15, -0.1) is 0 Å². The zero-order valence-electron chi connectivity index (χ0n) is 16.7. The molecule has 2 aliphatic heterocycles. The Bertz CT molecular complexity index is 959. The van der Waals surface area contributed by atoms with Crippen molar-refractivity contribution in [1.29, 1.82) is 0 Å². The van der Waals surface area contributed by atoms with Crippen LogP contribution in [-0.2, 0) is 20.9 Å². The van der Waals surface area contributed by atoms with Crippen LogP contribution in [0.5, 0.6) is 5.75 Å². The number of hydrogen-bond acceptors (Lipinski definition) is 5. The fraction of sp³-hybridized carbons (Fsp3) is 0.304. The normalized spacial score (nSPS) is 17.3. The van der Waals surface area contributed by atoms with Crippen molar-refractivity contribution < 1.29 is 19.1 Å². The smallest absolute Gasteiger partial charge is 0.278 e. The van der Waals surface area contributed by atoms with Gasteiger partial charge < -0.3 is 14.4 Å². The molecule has 2 amide bonds. The standard InChI is InChI=1S/C23H24N2O4/c1-16-7-9-17(10-8-16)20-21(24-11-13-29-14-12-24)23(27)25(22(20)26)15-18-5-3-4-6-19(18)28-2/h3-10H,11-15H2,1-2H3. The molecule has 2 aromatic carbocycles. The third kappa shape index (κ3) is 3.63. The molecule has 0 radical (unpaired) electrons. The molecule has 0 spiro atoms. The van der Waals surface area contributed by atoms with Crippen molar-refractivity contribution in [2.24, 2.45) is 0 Å². The Morgan fingerprint density at radius 2 is 1.66 bits per heavy atom. The second kappa shape index (κ2) is 8.09. The second-order valence-corrected chi connectivity index (χ2v) is 7.20. The van der Waals surface area contributed by atoms with Crippen LogP contribution in [0.2, 0.25) is 0 Å². The predicted molar refractivity (Wildman–Crippen MR) is 109 cm³/mol. The van der Waals surface area contributed by atoms with E-state index < -0.39 is 0 Å². The Morgan fingerprint density at radius 3 is 2.34 bits per heavy atom. The molecule has 2 heterocycles. The first-order valence-electron chi connectivity index (χ1n) is 9.72. The van der Waals surface area contributed by atoms with Crippen molar-refractivity contribution in [2.45, 2.75) is 13.5 Å². The van der Waals surface area contributed by atoms with Crippen LogP contribution in [0, 0.1) is 6.92 Å². The summed E-state index contributed by atoms with van der Waals surface area (Å²) in [5, 5.41) is 0. The Kier molecular flexibility index (Phi) is 5.36. The van der Waals surface area contributed by atoms with Crippen molar-refractivity contribution in [2.75, 3.05) is 33.4 Å². The van der Waals surface area contributed by atoms with Crippen molar-refractivity contribution in [1.82, 2.24) is 9.80 Å². The van der Waals surface area contributed by atoms with Crippen LogP contribution in [-0.4, -0.2) is 55.0 Å². The van der Waals surface area contributed by atoms with E-state index in [9.17, 15) is 9.59 Å². The number of morpholine rings is 1. The number of ether oxygens (including phenoxy) is 2. The van der Waals surface area contributed by atoms with Crippen LogP contribution in [0.4, 0.5) is 0 Å². The first kappa shape index (κ1) is 19.2. The lowest BCUT2D eigenvalue weighted by molar-refractivity contribution is -0.138. The minimum absolute atomic E-state index is 0.172. The van der Waals surface area contributed by atoms with Crippen LogP contribution < -0.4 is 4.74 Å². The van der Waals surface area contributed by atoms with Gasteiger partial charge in [-0.2, -0.15) is 0 Å². The number of carbonyl (C=O) groups is 2. The highest BCUT2D eigenvalue weighted by atomic mass is 16.5. The fourth-order valence-electron chi connectivity index (χ4n) is 3.77. The van der Waals surface area contributed by atoms with Gasteiger partial charge in [0, 0.05) is 18.7 Å². The van der Waals surface area contributed by atoms with Gasteiger partial charge in [0.25, 0.3) is 11.8 Å². The Labute approximate surface area is 170 Å². The zero-order chi connectivity index (χ0) is 20.4. The molecule has 0 atom stereocenters. The zero-order valence-corrected chi connectivity index (χ0v) is 16.7. The summed E-state index contributed by atoms with van der Waals surface area (Å²) in [7, 11) is 1.58. The highest BCUT2D eigenvalue weighted by Gasteiger charge is 2.42. The van der Waals surface area contributed by atoms with Gasteiger partial charge in [-0.05, 0) is 18.6 Å². The number of para-hydroxylation sites is 1. The van der Waals surface area contributed by atoms with Crippen LogP contribution in [0.15, 0.2) is 54.2 Å². The summed E-state index contributed by atoms with van der Waals surface area (Å²) in [5.74, 6) is 0.120. The van der Waals surface area contributed by atoms with Crippen molar-refractivity contribution in [3.8, 4) is 5.75 Å². The van der Waals surface area contributed by atoms with E-state index >= 15 is 0 Å². The number of nitrogens with zero attached hydrogens (tertiary/aromatic N) is 2. The number of rotatable bonds is 5. The van der Waals surface area contributed by atoms with E-state index in [4.69, 9.17) is 9.47 Å². The quantitative estimate of drug-likeness (QED) is 0.732. The van der Waals surface area contributed by atoms with E-state index in [-0.39, 0.29) is 18.4 Å². The molecule has 150 valence electrons. The van der Waals surface area contributed by atoms with Gasteiger partial charge in [0.1, 0.15) is 11.4 Å². The van der Waals surface area contributed by atoms with Gasteiger partial charge >= 0.3 is 0 Å². The Morgan fingerprint density at radius 1 is 0.966 bits per heavy atom. The average Bonchev–Trinajstić information content (AvgIpc) is 3.00. The van der Waals surface area contributed by atoms with Crippen LogP contribution in [0.1, 0.15) is 16.7 Å². The molecule has 0 aromatic heterocycles. The molecule has 0 N–H and O–H groups in total. The van der Waals surface area contributed by atoms with E-state index in [0.29, 0.717) is 43.3 Å². The van der Waals surface area contributed by atoms with Gasteiger partial charge in [0.15, 0.2) is 0 Å². The maximum Gasteiger partial charge on any atom is 0.278 e. The molecule has 1 fully saturated rings. The number of benzene rings is 2. The molecule has 4 rings (SSSR count). The number of hydrogen-bond donors (Lipinski definition) is 0. The molecule has 0 aliphatic carbocycles. The van der Waals surface area contributed by atoms with Crippen molar-refractivity contribution >= 4 is 17.4 Å². The molecule has 0 bridgehead atoms. The van der Waals surface area contributed by atoms with Crippen molar-refractivity contribution in [3.05, 3.63) is 70.9 Å². The van der Waals surface area contributed by atoms with Crippen molar-refractivity contribution in [3.63, 3.8) is 0 Å². The molecule has 6 nitrogen and oxygen atoms in total. The minimum atomic E-state index is -0.272. The maximum absolute atomic E-state index is 13.4. The van der Waals surface area contributed by atoms with Gasteiger partial charge in [0.2, 0.25) is 0 Å². The lowest BCUT2D eigenvalue weighted by Crippen LogP contribution is -2.40. The van der Waals surface area contributed by atoms with Gasteiger partial charge in [-0.1, -0.05) is 48.0 Å². The first-order chi connectivity index (χ1) is 14.1. The number of aryl methyl sites for hydroxylation is 1. The molecule has 1 saturated heterocycles. The summed E-state index contributed by atoms with van der Waals surface area (Å²) < 4.78 is 10.8. The number of carbonyl (C=O) groups excluding carboxylic acids is 2. The number of amides is 2. The van der Waals surface area contributed by atoms with Gasteiger partial charge in [0.05, 0.1) is 32.4 Å². The predicted octanol–water partition coefficient (Wildman–Crippen LogP) is 2.62. The summed E-state index contributed by atoms with van der Waals surface area (Å²) in [6, 6.07) is 15.2. The lowest BCUT2D eigenvalue weighted by atomic mass is 10.0. The topological polar surface area (TPSA) is 59.1 Å². The summed E-state index contributed by atoms with van der Waals surface area (Å²) in [5.41, 5.74) is 3.59. The maximum atomic E-state index is 13.4. The molecule has 6 heteroatoms. The Balaban J connectivity index is 1.74. The molecule has 2 aromatic rings. The van der Waals surface area contributed by atoms with Gasteiger partial charge in [-0.3, -0.25) is 14.5 Å². The minimum Gasteiger partial charge on any atom is -0.496 e. The molecule has 29 heavy (non-hydrogen) atoms. The fourth-order valence-corrected chi connectivity index (χ4v) is 3.77. The Hall–Kier alpha value is -3.12. The highest BCUT2D eigenvalue weighted by Crippen LogP contribution is 2.34. The van der Waals surface area contributed by atoms with Gasteiger partial charge in [-0.25, -0.2) is 0 Å². The third-order valence-corrected chi connectivity index (χ3v) is 5.33. The summed E-state index contributed by atoms with van der Waals surface area (Å²) in [6.45, 7) is 4.43. The first-order valence-corrected chi connectivity index (χ1v) is 9.72. The van der Waals surface area contributed by atoms with E-state index in [1.165, 1.54) is 4.90 Å².